The molecule has 1 aliphatic heterocycles. The van der Waals surface area contributed by atoms with Crippen LogP contribution in [-0.2, 0) is 47.3 Å². The van der Waals surface area contributed by atoms with Crippen LogP contribution in [0.1, 0.15) is 110 Å². The Kier molecular flexibility index (Phi) is 19.0. The average molecular weight is 1130 g/mol. The molecule has 0 saturated carbocycles. The van der Waals surface area contributed by atoms with Gasteiger partial charge in [-0.25, -0.2) is 9.97 Å². The molecule has 25 heteroatoms. The molecule has 1 fully saturated rings. The van der Waals surface area contributed by atoms with Gasteiger partial charge in [-0.05, 0) is 104 Å². The Morgan fingerprint density at radius 1 is 0.595 bits per heavy atom. The summed E-state index contributed by atoms with van der Waals surface area (Å²) in [5, 5.41) is 10.6. The molecule has 3 unspecified atom stereocenters. The fraction of sp³-hybridized carbons (Fsp3) is 0.347. The maximum absolute atomic E-state index is 13.4. The Morgan fingerprint density at radius 2 is 1.00 bits per heavy atom. The van der Waals surface area contributed by atoms with Crippen LogP contribution in [0.15, 0.2) is 97.6 Å². The molecular formula is C49H40Cl4F12N4O5. The van der Waals surface area contributed by atoms with Crippen LogP contribution < -0.4 is 0 Å². The minimum atomic E-state index is -5.09. The number of aromatic nitrogens is 4. The second kappa shape index (κ2) is 24.2. The number of alkyl halides is 12. The van der Waals surface area contributed by atoms with E-state index in [4.69, 9.17) is 55.9 Å². The van der Waals surface area contributed by atoms with E-state index in [-0.39, 0.29) is 73.7 Å². The lowest BCUT2D eigenvalue weighted by Crippen LogP contribution is -2.24. The average Bonchev–Trinajstić information content (AvgIpc) is 4.01. The normalized spacial score (nSPS) is 15.3. The number of halogens is 16. The fourth-order valence-electron chi connectivity index (χ4n) is 7.84. The molecule has 0 aliphatic carbocycles. The molecule has 1 N–H and O–H groups in total. The number of hydrogen-bond acceptors (Lipinski definition) is 7. The van der Waals surface area contributed by atoms with Gasteiger partial charge < -0.3 is 23.7 Å². The van der Waals surface area contributed by atoms with Gasteiger partial charge in [-0.3, -0.25) is 9.59 Å². The monoisotopic (exact) mass is 1130 g/mol. The SMILES string of the molecule is O=C(c1cc(C(F)(F)F)cc(C(F)(F)F)c1)c1nccn1CC(CCO)c1ccc(Cl)c(Cl)c1.O=C(c1cc(C(F)(F)F)cc(C(F)(F)F)c1)c1nccn1CC(CCOC1CCCCO1)c1ccc(Cl)c(Cl)c1. The third-order valence-corrected chi connectivity index (χ3v) is 13.1. The summed E-state index contributed by atoms with van der Waals surface area (Å²) in [6.45, 7) is 0.818. The number of aliphatic hydroxyl groups excluding tert-OH is 1. The van der Waals surface area contributed by atoms with E-state index in [1.165, 1.54) is 33.9 Å². The maximum atomic E-state index is 13.4. The van der Waals surface area contributed by atoms with E-state index < -0.39 is 75.6 Å². The minimum Gasteiger partial charge on any atom is -0.396 e. The number of carbonyl (C=O) groups is 2. The number of ether oxygens (including phenoxy) is 2. The van der Waals surface area contributed by atoms with Crippen LogP contribution >= 0.6 is 46.4 Å². The van der Waals surface area contributed by atoms with Crippen molar-refractivity contribution in [3.63, 3.8) is 0 Å². The number of carbonyl (C=O) groups excluding carboxylic acids is 2. The number of hydrogen-bond donors (Lipinski definition) is 1. The van der Waals surface area contributed by atoms with Crippen molar-refractivity contribution < 1.29 is 76.9 Å². The number of imidazole rings is 2. The first-order valence-electron chi connectivity index (χ1n) is 22.1. The summed E-state index contributed by atoms with van der Waals surface area (Å²) in [6, 6.07) is 11.2. The van der Waals surface area contributed by atoms with Crippen LogP contribution in [0.25, 0.3) is 0 Å². The van der Waals surface area contributed by atoms with Crippen LogP contribution in [0.5, 0.6) is 0 Å². The largest absolute Gasteiger partial charge is 0.416 e. The second-order valence-electron chi connectivity index (χ2n) is 16.8. The summed E-state index contributed by atoms with van der Waals surface area (Å²) < 4.78 is 173. The highest BCUT2D eigenvalue weighted by atomic mass is 35.5. The van der Waals surface area contributed by atoms with Crippen molar-refractivity contribution in [2.45, 2.75) is 88.0 Å². The van der Waals surface area contributed by atoms with Crippen LogP contribution in [0.4, 0.5) is 52.7 Å². The number of nitrogens with zero attached hydrogens (tertiary/aromatic N) is 4. The fourth-order valence-corrected chi connectivity index (χ4v) is 8.45. The van der Waals surface area contributed by atoms with Crippen molar-refractivity contribution in [2.24, 2.45) is 0 Å². The van der Waals surface area contributed by atoms with Crippen molar-refractivity contribution in [1.82, 2.24) is 19.1 Å². The van der Waals surface area contributed by atoms with Gasteiger partial charge in [0.05, 0.1) is 49.0 Å². The minimum absolute atomic E-state index is 0.0282. The number of rotatable bonds is 16. The Bertz CT molecular complexity index is 2850. The lowest BCUT2D eigenvalue weighted by Gasteiger charge is -2.25. The maximum Gasteiger partial charge on any atom is 0.416 e. The topological polar surface area (TPSA) is 108 Å². The third kappa shape index (κ3) is 15.2. The van der Waals surface area contributed by atoms with E-state index in [9.17, 15) is 67.4 Å². The molecule has 0 spiro atoms. The van der Waals surface area contributed by atoms with Gasteiger partial charge in [0.2, 0.25) is 11.6 Å². The summed E-state index contributed by atoms with van der Waals surface area (Å²) in [5.74, 6) is -3.59. The van der Waals surface area contributed by atoms with E-state index in [1.807, 2.05) is 0 Å². The zero-order valence-corrected chi connectivity index (χ0v) is 41.0. The summed E-state index contributed by atoms with van der Waals surface area (Å²) >= 11 is 24.3. The molecule has 0 amide bonds. The van der Waals surface area contributed by atoms with Crippen molar-refractivity contribution in [2.75, 3.05) is 19.8 Å². The van der Waals surface area contributed by atoms with Crippen LogP contribution in [-0.4, -0.2) is 61.9 Å². The van der Waals surface area contributed by atoms with Gasteiger partial charge in [-0.15, -0.1) is 0 Å². The second-order valence-corrected chi connectivity index (χ2v) is 18.4. The van der Waals surface area contributed by atoms with E-state index >= 15 is 0 Å². The van der Waals surface area contributed by atoms with Crippen molar-refractivity contribution in [1.29, 1.82) is 0 Å². The van der Waals surface area contributed by atoms with E-state index in [1.54, 1.807) is 36.4 Å². The summed E-state index contributed by atoms with van der Waals surface area (Å²) in [4.78, 5) is 34.0. The quantitative estimate of drug-likeness (QED) is 0.0759. The lowest BCUT2D eigenvalue weighted by molar-refractivity contribution is -0.163. The Balaban J connectivity index is 0.000000244. The van der Waals surface area contributed by atoms with Crippen LogP contribution in [0.3, 0.4) is 0 Å². The third-order valence-electron chi connectivity index (χ3n) is 11.6. The van der Waals surface area contributed by atoms with Crippen molar-refractivity contribution >= 4 is 58.0 Å². The van der Waals surface area contributed by atoms with Crippen molar-refractivity contribution in [3.05, 3.63) is 174 Å². The summed E-state index contributed by atoms with van der Waals surface area (Å²) in [5.41, 5.74) is -6.54. The first-order valence-corrected chi connectivity index (χ1v) is 23.6. The number of benzene rings is 4. The molecule has 398 valence electrons. The molecular weight excluding hydrogens is 1090 g/mol. The highest BCUT2D eigenvalue weighted by molar-refractivity contribution is 6.42. The molecule has 7 rings (SSSR count). The highest BCUT2D eigenvalue weighted by Gasteiger charge is 2.40. The Morgan fingerprint density at radius 3 is 1.35 bits per heavy atom. The number of aliphatic hydroxyl groups is 1. The van der Waals surface area contributed by atoms with Crippen LogP contribution in [0, 0.1) is 0 Å². The van der Waals surface area contributed by atoms with Crippen LogP contribution in [0.2, 0.25) is 20.1 Å². The molecule has 0 bridgehead atoms. The van der Waals surface area contributed by atoms with Gasteiger partial charge in [-0.1, -0.05) is 58.5 Å². The smallest absolute Gasteiger partial charge is 0.396 e. The zero-order valence-electron chi connectivity index (χ0n) is 38.0. The first-order chi connectivity index (χ1) is 34.6. The summed E-state index contributed by atoms with van der Waals surface area (Å²) in [6.07, 6.45) is -12.1. The first kappa shape index (κ1) is 58.1. The molecule has 3 heterocycles. The molecule has 6 aromatic rings. The van der Waals surface area contributed by atoms with Gasteiger partial charge in [-0.2, -0.15) is 52.7 Å². The Hall–Kier alpha value is -5.16. The zero-order chi connectivity index (χ0) is 54.3. The van der Waals surface area contributed by atoms with Gasteiger partial charge in [0.25, 0.3) is 0 Å². The molecule has 1 saturated heterocycles. The molecule has 1 aliphatic rings. The molecule has 0 radical (unpaired) electrons. The molecule has 9 nitrogen and oxygen atoms in total. The highest BCUT2D eigenvalue weighted by Crippen LogP contribution is 2.39. The van der Waals surface area contributed by atoms with Gasteiger partial charge >= 0.3 is 24.7 Å². The van der Waals surface area contributed by atoms with Crippen molar-refractivity contribution in [3.8, 4) is 0 Å². The molecule has 4 aromatic carbocycles. The van der Waals surface area contributed by atoms with Gasteiger partial charge in [0.15, 0.2) is 17.9 Å². The lowest BCUT2D eigenvalue weighted by atomic mass is 9.95. The predicted octanol–water partition coefficient (Wildman–Crippen LogP) is 14.8. The van der Waals surface area contributed by atoms with E-state index in [0.29, 0.717) is 57.9 Å². The summed E-state index contributed by atoms with van der Waals surface area (Å²) in [7, 11) is 0. The molecule has 3 atom stereocenters. The standard InChI is InChI=1S/C27H24Cl2F6N2O3.C22H16Cl2F6N2O2/c28-21-5-4-16(13-22(21)29)17(6-10-40-23-3-1-2-9-39-23)15-37-8-7-36-25(37)24(38)18-11-19(26(30,31)32)14-20(12-18)27(33,34)35;23-17-2-1-12(9-18(17)24)13(3-6-33)11-32-5-4-31-20(32)19(34)14-7-15(21(25,26)27)10-16(8-14)22(28,29)30/h4-5,7-8,11-14,17,23H,1-3,6,9-10,15H2;1-2,4-5,7-10,13,33H,3,6,11H2. The van der Waals surface area contributed by atoms with E-state index in [2.05, 4.69) is 9.97 Å². The predicted molar refractivity (Wildman–Crippen MR) is 248 cm³/mol. The van der Waals surface area contributed by atoms with E-state index in [0.717, 1.165) is 24.8 Å². The van der Waals surface area contributed by atoms with Gasteiger partial charge in [0, 0.05) is 74.1 Å². The molecule has 74 heavy (non-hydrogen) atoms. The molecule has 2 aromatic heterocycles. The Labute approximate surface area is 433 Å². The number of ketones is 2. The van der Waals surface area contributed by atoms with Gasteiger partial charge in [0.1, 0.15) is 0 Å².